The topological polar surface area (TPSA) is 34.1 Å². The molecule has 13 heavy (non-hydrogen) atoms. The van der Waals surface area contributed by atoms with Crippen molar-refractivity contribution >= 4 is 33.0 Å². The minimum Gasteiger partial charge on any atom is -0.229 e. The first-order valence-electron chi connectivity index (χ1n) is 4.08. The summed E-state index contributed by atoms with van der Waals surface area (Å²) in [6, 6.07) is 0. The van der Waals surface area contributed by atoms with Crippen molar-refractivity contribution in [3.05, 3.63) is 12.2 Å². The summed E-state index contributed by atoms with van der Waals surface area (Å²) < 4.78 is 21.6. The van der Waals surface area contributed by atoms with Crippen LogP contribution in [0.4, 0.5) is 0 Å². The normalized spacial score (nSPS) is 41.3. The maximum absolute atomic E-state index is 11.4. The molecule has 2 aliphatic rings. The third kappa shape index (κ3) is 1.24. The van der Waals surface area contributed by atoms with Gasteiger partial charge in [0.25, 0.3) is 0 Å². The zero-order valence-electron chi connectivity index (χ0n) is 7.07. The predicted octanol–water partition coefficient (Wildman–Crippen LogP) is 1.78. The Morgan fingerprint density at radius 3 is 2.62 bits per heavy atom. The predicted molar refractivity (Wildman–Crippen MR) is 53.8 cm³/mol. The molecule has 2 nitrogen and oxygen atoms in total. The Balaban J connectivity index is 2.34. The molecule has 0 aromatic heterocycles. The van der Waals surface area contributed by atoms with Gasteiger partial charge in [-0.1, -0.05) is 35.4 Å². The Bertz CT molecular complexity index is 358. The van der Waals surface area contributed by atoms with Crippen LogP contribution in [0.15, 0.2) is 12.2 Å². The highest BCUT2D eigenvalue weighted by Gasteiger charge is 2.64. The molecular weight excluding hydrogens is 231 g/mol. The van der Waals surface area contributed by atoms with Gasteiger partial charge in [-0.15, -0.1) is 0 Å². The highest BCUT2D eigenvalue weighted by molar-refractivity contribution is 7.91. The molecule has 0 bridgehead atoms. The molecule has 0 aromatic carbocycles. The molecular formula is C8H10Cl2O2S. The Morgan fingerprint density at radius 1 is 1.46 bits per heavy atom. The van der Waals surface area contributed by atoms with Crippen molar-refractivity contribution in [2.24, 2.45) is 11.8 Å². The van der Waals surface area contributed by atoms with Gasteiger partial charge in [0.05, 0.1) is 5.25 Å². The lowest BCUT2D eigenvalue weighted by Crippen LogP contribution is -2.60. The lowest BCUT2D eigenvalue weighted by molar-refractivity contribution is 0.231. The smallest absolute Gasteiger partial charge is 0.153 e. The number of alkyl halides is 2. The first-order chi connectivity index (χ1) is 5.85. The minimum atomic E-state index is -3.13. The van der Waals surface area contributed by atoms with Crippen molar-refractivity contribution in [1.29, 1.82) is 0 Å². The first-order valence-corrected chi connectivity index (χ1v) is 6.79. The van der Waals surface area contributed by atoms with E-state index in [0.717, 1.165) is 6.42 Å². The highest BCUT2D eigenvalue weighted by atomic mass is 35.5. The van der Waals surface area contributed by atoms with E-state index in [1.807, 2.05) is 12.2 Å². The van der Waals surface area contributed by atoms with E-state index in [9.17, 15) is 8.42 Å². The Morgan fingerprint density at radius 2 is 2.08 bits per heavy atom. The molecule has 3 unspecified atom stereocenters. The average Bonchev–Trinajstić information content (AvgIpc) is 2.28. The van der Waals surface area contributed by atoms with Gasteiger partial charge in [0.15, 0.2) is 9.84 Å². The molecule has 0 aromatic rings. The van der Waals surface area contributed by atoms with E-state index in [-0.39, 0.29) is 11.8 Å². The SMILES string of the molecule is CS(=O)(=O)C1C2CC=CC2C1(Cl)Cl. The molecule has 5 heteroatoms. The maximum atomic E-state index is 11.4. The first kappa shape index (κ1) is 9.81. The van der Waals surface area contributed by atoms with Crippen molar-refractivity contribution in [3.63, 3.8) is 0 Å². The summed E-state index contributed by atoms with van der Waals surface area (Å²) in [5.41, 5.74) is 0. The molecule has 2 aliphatic carbocycles. The fraction of sp³-hybridized carbons (Fsp3) is 0.750. The second-order valence-corrected chi connectivity index (χ2v) is 7.39. The highest BCUT2D eigenvalue weighted by Crippen LogP contribution is 2.59. The number of hydrogen-bond donors (Lipinski definition) is 0. The number of rotatable bonds is 1. The summed E-state index contributed by atoms with van der Waals surface area (Å²) in [5, 5.41) is -0.594. The van der Waals surface area contributed by atoms with Gasteiger partial charge in [-0.2, -0.15) is 0 Å². The van der Waals surface area contributed by atoms with Crippen LogP contribution in [0.1, 0.15) is 6.42 Å². The van der Waals surface area contributed by atoms with E-state index in [1.165, 1.54) is 6.26 Å². The number of allylic oxidation sites excluding steroid dienone is 2. The van der Waals surface area contributed by atoms with Gasteiger partial charge in [-0.25, -0.2) is 8.42 Å². The van der Waals surface area contributed by atoms with Crippen LogP contribution < -0.4 is 0 Å². The third-order valence-corrected chi connectivity index (χ3v) is 5.76. The van der Waals surface area contributed by atoms with Crippen molar-refractivity contribution in [1.82, 2.24) is 0 Å². The largest absolute Gasteiger partial charge is 0.229 e. The molecule has 0 aliphatic heterocycles. The average molecular weight is 241 g/mol. The van der Waals surface area contributed by atoms with E-state index in [2.05, 4.69) is 0 Å². The standard InChI is InChI=1S/C8H10Cl2O2S/c1-13(11,12)7-5-3-2-4-6(5)8(7,9)10/h2,4-7H,3H2,1H3. The molecule has 0 saturated heterocycles. The van der Waals surface area contributed by atoms with E-state index in [1.54, 1.807) is 0 Å². The summed E-state index contributed by atoms with van der Waals surface area (Å²) >= 11 is 12.0. The number of halogens is 2. The van der Waals surface area contributed by atoms with Gasteiger partial charge in [0, 0.05) is 12.2 Å². The summed E-state index contributed by atoms with van der Waals surface area (Å²) in [7, 11) is -3.13. The minimum absolute atomic E-state index is 0.0237. The molecule has 2 rings (SSSR count). The Kier molecular flexibility index (Phi) is 2.00. The molecule has 0 amide bonds. The second kappa shape index (κ2) is 2.65. The summed E-state index contributed by atoms with van der Waals surface area (Å²) in [6.45, 7) is 0. The van der Waals surface area contributed by atoms with Crippen LogP contribution >= 0.6 is 23.2 Å². The molecule has 1 fully saturated rings. The summed E-state index contributed by atoms with van der Waals surface area (Å²) in [6.07, 6.45) is 5.86. The van der Waals surface area contributed by atoms with Crippen molar-refractivity contribution in [2.45, 2.75) is 16.0 Å². The van der Waals surface area contributed by atoms with Gasteiger partial charge in [0.2, 0.25) is 0 Å². The van der Waals surface area contributed by atoms with Gasteiger partial charge in [-0.05, 0) is 12.3 Å². The second-order valence-electron chi connectivity index (χ2n) is 3.78. The lowest BCUT2D eigenvalue weighted by Gasteiger charge is -2.50. The summed E-state index contributed by atoms with van der Waals surface area (Å²) in [4.78, 5) is 0. The maximum Gasteiger partial charge on any atom is 0.153 e. The number of sulfone groups is 1. The quantitative estimate of drug-likeness (QED) is 0.518. The zero-order chi connectivity index (χ0) is 9.85. The van der Waals surface area contributed by atoms with Gasteiger partial charge < -0.3 is 0 Å². The fourth-order valence-corrected chi connectivity index (χ4v) is 5.76. The van der Waals surface area contributed by atoms with Gasteiger partial charge in [0.1, 0.15) is 4.33 Å². The van der Waals surface area contributed by atoms with Gasteiger partial charge >= 0.3 is 0 Å². The molecule has 0 N–H and O–H groups in total. The van der Waals surface area contributed by atoms with E-state index in [0.29, 0.717) is 0 Å². The summed E-state index contributed by atoms with van der Waals surface area (Å²) in [5.74, 6) is 0.126. The van der Waals surface area contributed by atoms with Crippen molar-refractivity contribution < 1.29 is 8.42 Å². The van der Waals surface area contributed by atoms with Crippen LogP contribution in [0.3, 0.4) is 0 Å². The van der Waals surface area contributed by atoms with Crippen LogP contribution in [-0.2, 0) is 9.84 Å². The van der Waals surface area contributed by atoms with E-state index in [4.69, 9.17) is 23.2 Å². The lowest BCUT2D eigenvalue weighted by atomic mass is 9.74. The van der Waals surface area contributed by atoms with Crippen LogP contribution in [0.25, 0.3) is 0 Å². The van der Waals surface area contributed by atoms with Crippen LogP contribution in [0, 0.1) is 11.8 Å². The Labute approximate surface area is 87.8 Å². The molecule has 0 heterocycles. The molecule has 0 spiro atoms. The Hall–Kier alpha value is 0.270. The molecule has 74 valence electrons. The molecule has 1 saturated carbocycles. The van der Waals surface area contributed by atoms with E-state index >= 15 is 0 Å². The van der Waals surface area contributed by atoms with Crippen molar-refractivity contribution in [3.8, 4) is 0 Å². The molecule has 0 radical (unpaired) electrons. The van der Waals surface area contributed by atoms with Gasteiger partial charge in [-0.3, -0.25) is 0 Å². The van der Waals surface area contributed by atoms with E-state index < -0.39 is 19.4 Å². The zero-order valence-corrected chi connectivity index (χ0v) is 9.40. The van der Waals surface area contributed by atoms with Crippen molar-refractivity contribution in [2.75, 3.05) is 6.26 Å². The van der Waals surface area contributed by atoms with Crippen LogP contribution in [-0.4, -0.2) is 24.3 Å². The number of fused-ring (bicyclic) bond motifs is 1. The molecule has 3 atom stereocenters. The number of hydrogen-bond acceptors (Lipinski definition) is 2. The van der Waals surface area contributed by atoms with Crippen LogP contribution in [0.5, 0.6) is 0 Å². The fourth-order valence-electron chi connectivity index (χ4n) is 2.36. The monoisotopic (exact) mass is 240 g/mol. The van der Waals surface area contributed by atoms with Crippen LogP contribution in [0.2, 0.25) is 0 Å². The third-order valence-electron chi connectivity index (χ3n) is 2.89.